The third kappa shape index (κ3) is 3.34. The molecular weight excluding hydrogens is 348 g/mol. The molecule has 2 heterocycles. The quantitative estimate of drug-likeness (QED) is 0.781. The lowest BCUT2D eigenvalue weighted by Gasteiger charge is -2.06. The van der Waals surface area contributed by atoms with Crippen LogP contribution in [0.2, 0.25) is 5.02 Å². The second-order valence-electron chi connectivity index (χ2n) is 4.74. The Balaban J connectivity index is 1.82. The molecule has 9 heteroatoms. The number of halogens is 3. The zero-order valence-corrected chi connectivity index (χ0v) is 13.1. The molecule has 3 rings (SSSR count). The predicted molar refractivity (Wildman–Crippen MR) is 80.6 cm³/mol. The second-order valence-corrected chi connectivity index (χ2v) is 6.92. The van der Waals surface area contributed by atoms with Crippen LogP contribution in [0, 0.1) is 11.6 Å². The molecule has 0 bridgehead atoms. The van der Waals surface area contributed by atoms with Gasteiger partial charge in [-0.15, -0.1) is 0 Å². The van der Waals surface area contributed by atoms with Gasteiger partial charge in [-0.1, -0.05) is 11.6 Å². The molecule has 0 aliphatic rings. The normalized spacial score (nSPS) is 12.0. The number of nitrogens with one attached hydrogen (secondary N) is 1. The summed E-state index contributed by atoms with van der Waals surface area (Å²) in [6.07, 6.45) is 3.23. The third-order valence-corrected chi connectivity index (χ3v) is 4.75. The van der Waals surface area contributed by atoms with Crippen LogP contribution in [0.3, 0.4) is 0 Å². The van der Waals surface area contributed by atoms with Crippen molar-refractivity contribution in [3.05, 3.63) is 65.1 Å². The highest BCUT2D eigenvalue weighted by Crippen LogP contribution is 2.16. The number of hydrogen-bond donors (Lipinski definition) is 1. The number of sulfonamides is 1. The highest BCUT2D eigenvalue weighted by molar-refractivity contribution is 7.89. The summed E-state index contributed by atoms with van der Waals surface area (Å²) >= 11 is 5.86. The molecule has 0 unspecified atom stereocenters. The Kier molecular flexibility index (Phi) is 4.05. The van der Waals surface area contributed by atoms with E-state index in [0.717, 1.165) is 12.1 Å². The van der Waals surface area contributed by atoms with Crippen LogP contribution < -0.4 is 4.72 Å². The van der Waals surface area contributed by atoms with Crippen LogP contribution in [0.25, 0.3) is 5.65 Å². The fraction of sp³-hybridized carbons (Fsp3) is 0.0714. The molecule has 0 saturated heterocycles. The maximum absolute atomic E-state index is 13.6. The van der Waals surface area contributed by atoms with Gasteiger partial charge in [0.25, 0.3) is 0 Å². The molecule has 0 aliphatic carbocycles. The summed E-state index contributed by atoms with van der Waals surface area (Å²) in [6, 6.07) is 5.61. The summed E-state index contributed by atoms with van der Waals surface area (Å²) in [6.45, 7) is -0.140. The van der Waals surface area contributed by atoms with Gasteiger partial charge in [-0.25, -0.2) is 26.9 Å². The summed E-state index contributed by atoms with van der Waals surface area (Å²) in [4.78, 5) is 3.59. The van der Waals surface area contributed by atoms with Gasteiger partial charge < -0.3 is 4.40 Å². The van der Waals surface area contributed by atoms with Crippen LogP contribution in [-0.2, 0) is 16.6 Å². The predicted octanol–water partition coefficient (Wildman–Crippen LogP) is 2.74. The van der Waals surface area contributed by atoms with Crippen LogP contribution in [-0.4, -0.2) is 17.8 Å². The van der Waals surface area contributed by atoms with Crippen LogP contribution in [0.4, 0.5) is 8.78 Å². The van der Waals surface area contributed by atoms with Crippen molar-refractivity contribution in [2.24, 2.45) is 0 Å². The average Bonchev–Trinajstić information content (AvgIpc) is 2.87. The van der Waals surface area contributed by atoms with E-state index in [2.05, 4.69) is 9.71 Å². The van der Waals surface area contributed by atoms with E-state index in [1.165, 1.54) is 0 Å². The first-order valence-electron chi connectivity index (χ1n) is 6.43. The van der Waals surface area contributed by atoms with E-state index in [1.54, 1.807) is 28.9 Å². The second kappa shape index (κ2) is 5.88. The number of nitrogens with zero attached hydrogens (tertiary/aromatic N) is 2. The molecule has 0 amide bonds. The molecule has 0 spiro atoms. The molecule has 1 N–H and O–H groups in total. The van der Waals surface area contributed by atoms with E-state index in [-0.39, 0.29) is 6.54 Å². The molecule has 23 heavy (non-hydrogen) atoms. The Morgan fingerprint density at radius 3 is 2.70 bits per heavy atom. The number of fused-ring (bicyclic) bond motifs is 1. The minimum Gasteiger partial charge on any atom is -0.305 e. The number of hydrogen-bond acceptors (Lipinski definition) is 3. The number of pyridine rings is 1. The number of imidazole rings is 1. The van der Waals surface area contributed by atoms with Gasteiger partial charge >= 0.3 is 0 Å². The van der Waals surface area contributed by atoms with Crippen molar-refractivity contribution in [3.8, 4) is 0 Å². The molecule has 0 saturated carbocycles. The topological polar surface area (TPSA) is 63.5 Å². The highest BCUT2D eigenvalue weighted by atomic mass is 35.5. The first-order chi connectivity index (χ1) is 10.8. The lowest BCUT2D eigenvalue weighted by atomic mass is 10.3. The standard InChI is InChI=1S/C14H10ClF2N3O2S/c15-9-1-4-14-19-11(8-20(14)7-9)6-18-23(21,22)13-3-2-10(16)5-12(13)17/h1-5,7-8,18H,6H2. The van der Waals surface area contributed by atoms with Gasteiger partial charge in [0.2, 0.25) is 10.0 Å². The number of rotatable bonds is 4. The maximum atomic E-state index is 13.6. The molecule has 3 aromatic rings. The van der Waals surface area contributed by atoms with Gasteiger partial charge in [0.05, 0.1) is 17.3 Å². The largest absolute Gasteiger partial charge is 0.305 e. The summed E-state index contributed by atoms with van der Waals surface area (Å²) in [5.41, 5.74) is 1.02. The summed E-state index contributed by atoms with van der Waals surface area (Å²) < 4.78 is 54.5. The fourth-order valence-corrected chi connectivity index (χ4v) is 3.27. The van der Waals surface area contributed by atoms with Gasteiger partial charge in [-0.05, 0) is 24.3 Å². The van der Waals surface area contributed by atoms with Crippen LogP contribution in [0.15, 0.2) is 47.6 Å². The Bertz CT molecular complexity index is 989. The van der Waals surface area contributed by atoms with Crippen molar-refractivity contribution in [2.45, 2.75) is 11.4 Å². The first-order valence-corrected chi connectivity index (χ1v) is 8.29. The molecule has 0 aliphatic heterocycles. The van der Waals surface area contributed by atoms with Gasteiger partial charge in [-0.3, -0.25) is 0 Å². The van der Waals surface area contributed by atoms with Crippen molar-refractivity contribution in [2.75, 3.05) is 0 Å². The van der Waals surface area contributed by atoms with Crippen LogP contribution in [0.1, 0.15) is 5.69 Å². The molecule has 5 nitrogen and oxygen atoms in total. The molecule has 0 radical (unpaired) electrons. The Hall–Kier alpha value is -2.03. The summed E-state index contributed by atoms with van der Waals surface area (Å²) in [5, 5.41) is 0.510. The molecule has 1 aromatic carbocycles. The number of aromatic nitrogens is 2. The average molecular weight is 358 g/mol. The monoisotopic (exact) mass is 357 g/mol. The van der Waals surface area contributed by atoms with Crippen LogP contribution in [0.5, 0.6) is 0 Å². The van der Waals surface area contributed by atoms with Gasteiger partial charge in [0.15, 0.2) is 0 Å². The third-order valence-electron chi connectivity index (χ3n) is 3.09. The Labute approximate surface area is 135 Å². The lowest BCUT2D eigenvalue weighted by Crippen LogP contribution is -2.24. The van der Waals surface area contributed by atoms with Crippen molar-refractivity contribution >= 4 is 27.3 Å². The van der Waals surface area contributed by atoms with E-state index in [9.17, 15) is 17.2 Å². The molecular formula is C14H10ClF2N3O2S. The maximum Gasteiger partial charge on any atom is 0.243 e. The summed E-state index contributed by atoms with van der Waals surface area (Å²) in [7, 11) is -4.12. The Morgan fingerprint density at radius 2 is 1.96 bits per heavy atom. The highest BCUT2D eigenvalue weighted by Gasteiger charge is 2.19. The lowest BCUT2D eigenvalue weighted by molar-refractivity contribution is 0.542. The van der Waals surface area contributed by atoms with Gasteiger partial charge in [0, 0.05) is 18.5 Å². The van der Waals surface area contributed by atoms with E-state index >= 15 is 0 Å². The van der Waals surface area contributed by atoms with Crippen LogP contribution >= 0.6 is 11.6 Å². The zero-order chi connectivity index (χ0) is 16.6. The van der Waals surface area contributed by atoms with Crippen molar-refractivity contribution in [1.82, 2.24) is 14.1 Å². The first kappa shape index (κ1) is 15.9. The van der Waals surface area contributed by atoms with Gasteiger partial charge in [-0.2, -0.15) is 0 Å². The Morgan fingerprint density at radius 1 is 1.17 bits per heavy atom. The number of benzene rings is 1. The fourth-order valence-electron chi connectivity index (χ4n) is 2.04. The van der Waals surface area contributed by atoms with Crippen molar-refractivity contribution < 1.29 is 17.2 Å². The zero-order valence-electron chi connectivity index (χ0n) is 11.5. The molecule has 120 valence electrons. The van der Waals surface area contributed by atoms with E-state index in [4.69, 9.17) is 11.6 Å². The van der Waals surface area contributed by atoms with E-state index in [0.29, 0.717) is 22.4 Å². The van der Waals surface area contributed by atoms with E-state index < -0.39 is 26.6 Å². The molecule has 0 fully saturated rings. The summed E-state index contributed by atoms with van der Waals surface area (Å²) in [5.74, 6) is -2.00. The van der Waals surface area contributed by atoms with Crippen molar-refractivity contribution in [1.29, 1.82) is 0 Å². The SMILES string of the molecule is O=S(=O)(NCc1cn2cc(Cl)ccc2n1)c1ccc(F)cc1F. The minimum atomic E-state index is -4.12. The van der Waals surface area contributed by atoms with Crippen molar-refractivity contribution in [3.63, 3.8) is 0 Å². The van der Waals surface area contributed by atoms with Gasteiger partial charge in [0.1, 0.15) is 22.2 Å². The molecule has 0 atom stereocenters. The molecule has 2 aromatic heterocycles. The smallest absolute Gasteiger partial charge is 0.243 e. The van der Waals surface area contributed by atoms with E-state index in [1.807, 2.05) is 0 Å². The minimum absolute atomic E-state index is 0.140.